The lowest BCUT2D eigenvalue weighted by Gasteiger charge is -2.16. The standard InChI is InChI=1S/C10H9BrF5N/c11-8-3-7(12)2-1-6(8)4-17-5-10(15,16)9(13)14/h1-3,9,17H,4-5H2. The molecule has 0 fully saturated rings. The van der Waals surface area contributed by atoms with Crippen LogP contribution < -0.4 is 5.32 Å². The number of hydrogen-bond acceptors (Lipinski definition) is 1. The van der Waals surface area contributed by atoms with E-state index in [0.717, 1.165) is 6.07 Å². The molecule has 0 radical (unpaired) electrons. The van der Waals surface area contributed by atoms with E-state index in [0.29, 0.717) is 10.0 Å². The summed E-state index contributed by atoms with van der Waals surface area (Å²) in [4.78, 5) is 0. The summed E-state index contributed by atoms with van der Waals surface area (Å²) in [5.41, 5.74) is 0.511. The quantitative estimate of drug-likeness (QED) is 0.819. The Morgan fingerprint density at radius 2 is 1.94 bits per heavy atom. The first-order valence-electron chi connectivity index (χ1n) is 4.63. The van der Waals surface area contributed by atoms with Crippen LogP contribution in [0.5, 0.6) is 0 Å². The van der Waals surface area contributed by atoms with E-state index >= 15 is 0 Å². The van der Waals surface area contributed by atoms with Crippen LogP contribution in [0, 0.1) is 5.82 Å². The smallest absolute Gasteiger partial charge is 0.307 e. The van der Waals surface area contributed by atoms with Gasteiger partial charge in [0, 0.05) is 11.0 Å². The van der Waals surface area contributed by atoms with Gasteiger partial charge in [0.15, 0.2) is 0 Å². The van der Waals surface area contributed by atoms with Crippen molar-refractivity contribution in [2.45, 2.75) is 18.9 Å². The van der Waals surface area contributed by atoms with Gasteiger partial charge in [-0.2, -0.15) is 8.78 Å². The highest BCUT2D eigenvalue weighted by molar-refractivity contribution is 9.10. The summed E-state index contributed by atoms with van der Waals surface area (Å²) < 4.78 is 61.8. The van der Waals surface area contributed by atoms with E-state index in [2.05, 4.69) is 21.2 Å². The van der Waals surface area contributed by atoms with E-state index in [1.165, 1.54) is 12.1 Å². The molecule has 0 bridgehead atoms. The van der Waals surface area contributed by atoms with Crippen LogP contribution in [0.25, 0.3) is 0 Å². The predicted molar refractivity (Wildman–Crippen MR) is 56.8 cm³/mol. The van der Waals surface area contributed by atoms with Gasteiger partial charge in [-0.3, -0.25) is 0 Å². The van der Waals surface area contributed by atoms with Gasteiger partial charge >= 0.3 is 12.3 Å². The molecule has 0 heterocycles. The monoisotopic (exact) mass is 317 g/mol. The minimum absolute atomic E-state index is 0.0524. The third-order valence-electron chi connectivity index (χ3n) is 2.01. The van der Waals surface area contributed by atoms with Crippen LogP contribution in [-0.4, -0.2) is 18.9 Å². The SMILES string of the molecule is Fc1ccc(CNCC(F)(F)C(F)F)c(Br)c1. The highest BCUT2D eigenvalue weighted by Crippen LogP contribution is 2.22. The molecule has 96 valence electrons. The maximum atomic E-state index is 12.7. The van der Waals surface area contributed by atoms with Crippen molar-refractivity contribution in [2.75, 3.05) is 6.54 Å². The van der Waals surface area contributed by atoms with Crippen LogP contribution >= 0.6 is 15.9 Å². The largest absolute Gasteiger partial charge is 0.319 e. The van der Waals surface area contributed by atoms with Gasteiger partial charge in [0.05, 0.1) is 6.54 Å². The van der Waals surface area contributed by atoms with E-state index in [1.54, 1.807) is 0 Å². The fraction of sp³-hybridized carbons (Fsp3) is 0.400. The first-order valence-corrected chi connectivity index (χ1v) is 5.43. The first kappa shape index (κ1) is 14.4. The van der Waals surface area contributed by atoms with Gasteiger partial charge in [-0.25, -0.2) is 13.2 Å². The Morgan fingerprint density at radius 3 is 2.47 bits per heavy atom. The number of benzene rings is 1. The Kier molecular flexibility index (Phi) is 4.88. The van der Waals surface area contributed by atoms with E-state index < -0.39 is 24.7 Å². The lowest BCUT2D eigenvalue weighted by atomic mass is 10.2. The summed E-state index contributed by atoms with van der Waals surface area (Å²) in [6.07, 6.45) is -3.70. The lowest BCUT2D eigenvalue weighted by molar-refractivity contribution is -0.125. The second kappa shape index (κ2) is 5.77. The zero-order valence-electron chi connectivity index (χ0n) is 8.49. The van der Waals surface area contributed by atoms with Crippen molar-refractivity contribution in [2.24, 2.45) is 0 Å². The molecule has 0 saturated heterocycles. The highest BCUT2D eigenvalue weighted by atomic mass is 79.9. The molecule has 1 nitrogen and oxygen atoms in total. The minimum Gasteiger partial charge on any atom is -0.307 e. The van der Waals surface area contributed by atoms with Crippen LogP contribution in [0.2, 0.25) is 0 Å². The summed E-state index contributed by atoms with van der Waals surface area (Å²) in [7, 11) is 0. The zero-order valence-corrected chi connectivity index (χ0v) is 10.1. The van der Waals surface area contributed by atoms with Gasteiger partial charge in [0.2, 0.25) is 0 Å². The maximum absolute atomic E-state index is 12.7. The fourth-order valence-electron chi connectivity index (χ4n) is 1.11. The molecule has 17 heavy (non-hydrogen) atoms. The Morgan fingerprint density at radius 1 is 1.29 bits per heavy atom. The molecule has 0 aliphatic rings. The highest BCUT2D eigenvalue weighted by Gasteiger charge is 2.39. The molecule has 0 spiro atoms. The van der Waals surface area contributed by atoms with Crippen LogP contribution in [0.15, 0.2) is 22.7 Å². The lowest BCUT2D eigenvalue weighted by Crippen LogP contribution is -2.38. The molecule has 0 unspecified atom stereocenters. The van der Waals surface area contributed by atoms with Gasteiger partial charge in [0.25, 0.3) is 0 Å². The minimum atomic E-state index is -4.06. The normalized spacial score (nSPS) is 12.2. The molecule has 1 N–H and O–H groups in total. The molecule has 0 amide bonds. The van der Waals surface area contributed by atoms with Crippen molar-refractivity contribution in [3.63, 3.8) is 0 Å². The van der Waals surface area contributed by atoms with E-state index in [-0.39, 0.29) is 6.54 Å². The van der Waals surface area contributed by atoms with Crippen molar-refractivity contribution in [1.82, 2.24) is 5.32 Å². The molecule has 0 aliphatic carbocycles. The average molecular weight is 318 g/mol. The molecular formula is C10H9BrF5N. The van der Waals surface area contributed by atoms with Crippen LogP contribution in [0.4, 0.5) is 22.0 Å². The van der Waals surface area contributed by atoms with Crippen molar-refractivity contribution >= 4 is 15.9 Å². The molecule has 0 saturated carbocycles. The van der Waals surface area contributed by atoms with Gasteiger partial charge in [0.1, 0.15) is 5.82 Å². The number of nitrogens with one attached hydrogen (secondary N) is 1. The Balaban J connectivity index is 2.51. The summed E-state index contributed by atoms with van der Waals surface area (Å²) in [5.74, 6) is -4.54. The topological polar surface area (TPSA) is 12.0 Å². The van der Waals surface area contributed by atoms with E-state index in [9.17, 15) is 22.0 Å². The Hall–Kier alpha value is -0.690. The predicted octanol–water partition coefficient (Wildman–Crippen LogP) is 3.58. The van der Waals surface area contributed by atoms with Crippen LogP contribution in [0.1, 0.15) is 5.56 Å². The van der Waals surface area contributed by atoms with Crippen LogP contribution in [0.3, 0.4) is 0 Å². The number of rotatable bonds is 5. The third kappa shape index (κ3) is 4.23. The van der Waals surface area contributed by atoms with Gasteiger partial charge in [-0.15, -0.1) is 0 Å². The number of hydrogen-bond donors (Lipinski definition) is 1. The summed E-state index contributed by atoms with van der Waals surface area (Å²) in [6, 6.07) is 3.71. The summed E-state index contributed by atoms with van der Waals surface area (Å²) in [6.45, 7) is -1.18. The number of alkyl halides is 4. The van der Waals surface area contributed by atoms with Crippen molar-refractivity contribution in [1.29, 1.82) is 0 Å². The second-order valence-corrected chi connectivity index (χ2v) is 4.26. The first-order chi connectivity index (χ1) is 7.83. The molecule has 0 atom stereocenters. The maximum Gasteiger partial charge on any atom is 0.319 e. The molecule has 1 aromatic rings. The molecule has 0 aliphatic heterocycles. The van der Waals surface area contributed by atoms with Gasteiger partial charge in [-0.05, 0) is 17.7 Å². The van der Waals surface area contributed by atoms with Crippen LogP contribution in [-0.2, 0) is 6.54 Å². The molecular weight excluding hydrogens is 309 g/mol. The summed E-state index contributed by atoms with van der Waals surface area (Å²) >= 11 is 3.04. The van der Waals surface area contributed by atoms with E-state index in [1.807, 2.05) is 0 Å². The van der Waals surface area contributed by atoms with Crippen molar-refractivity contribution in [3.05, 3.63) is 34.1 Å². The Labute approximate surface area is 103 Å². The Bertz CT molecular complexity index is 383. The van der Waals surface area contributed by atoms with E-state index in [4.69, 9.17) is 0 Å². The second-order valence-electron chi connectivity index (χ2n) is 3.40. The van der Waals surface area contributed by atoms with Crippen molar-refractivity contribution in [3.8, 4) is 0 Å². The summed E-state index contributed by atoms with van der Waals surface area (Å²) in [5, 5.41) is 2.20. The molecule has 1 rings (SSSR count). The third-order valence-corrected chi connectivity index (χ3v) is 2.75. The molecule has 0 aromatic heterocycles. The number of halogens is 6. The fourth-order valence-corrected chi connectivity index (χ4v) is 1.60. The average Bonchev–Trinajstić information content (AvgIpc) is 2.21. The zero-order chi connectivity index (χ0) is 13.1. The van der Waals surface area contributed by atoms with Gasteiger partial charge in [-0.1, -0.05) is 22.0 Å². The van der Waals surface area contributed by atoms with Crippen molar-refractivity contribution < 1.29 is 22.0 Å². The molecule has 7 heteroatoms. The van der Waals surface area contributed by atoms with Gasteiger partial charge < -0.3 is 5.32 Å². The molecule has 1 aromatic carbocycles.